The molecule has 0 aliphatic heterocycles. The van der Waals surface area contributed by atoms with Crippen LogP contribution in [0.5, 0.6) is 0 Å². The third-order valence-corrected chi connectivity index (χ3v) is 2.65. The first-order valence-corrected chi connectivity index (χ1v) is 6.31. The van der Waals surface area contributed by atoms with Crippen molar-refractivity contribution in [1.82, 2.24) is 15.0 Å². The van der Waals surface area contributed by atoms with Crippen LogP contribution in [0.1, 0.15) is 19.7 Å². The second-order valence-corrected chi connectivity index (χ2v) is 5.48. The van der Waals surface area contributed by atoms with E-state index in [1.807, 2.05) is 18.7 Å². The highest BCUT2D eigenvalue weighted by molar-refractivity contribution is 6.66. The molecule has 0 spiro atoms. The number of hydrogen-bond acceptors (Lipinski definition) is 5. The maximum atomic E-state index is 5.78. The quantitative estimate of drug-likeness (QED) is 0.866. The largest absolute Gasteiger partial charge is 0.357 e. The molecule has 0 radical (unpaired) electrons. The van der Waals surface area contributed by atoms with Crippen LogP contribution in [0.15, 0.2) is 0 Å². The van der Waals surface area contributed by atoms with Gasteiger partial charge in [0.15, 0.2) is 5.82 Å². The lowest BCUT2D eigenvalue weighted by atomic mass is 10.5. The van der Waals surface area contributed by atoms with Crippen molar-refractivity contribution in [2.24, 2.45) is 0 Å². The van der Waals surface area contributed by atoms with E-state index in [0.29, 0.717) is 11.9 Å². The Kier molecular flexibility index (Phi) is 5.04. The van der Waals surface area contributed by atoms with Crippen LogP contribution in [0.4, 0.5) is 11.9 Å². The Labute approximate surface area is 115 Å². The second kappa shape index (κ2) is 5.89. The van der Waals surface area contributed by atoms with Gasteiger partial charge in [-0.05, 0) is 13.8 Å². The van der Waals surface area contributed by atoms with E-state index in [1.54, 1.807) is 7.05 Å². The molecule has 5 nitrogen and oxygen atoms in total. The van der Waals surface area contributed by atoms with Crippen molar-refractivity contribution in [3.63, 3.8) is 0 Å². The van der Waals surface area contributed by atoms with Crippen LogP contribution in [-0.2, 0) is 3.79 Å². The predicted molar refractivity (Wildman–Crippen MR) is 72.2 cm³/mol. The fourth-order valence-electron chi connectivity index (χ4n) is 1.25. The van der Waals surface area contributed by atoms with Gasteiger partial charge < -0.3 is 10.2 Å². The van der Waals surface area contributed by atoms with Gasteiger partial charge in [0.2, 0.25) is 15.7 Å². The molecule has 96 valence electrons. The molecule has 8 heteroatoms. The average Bonchev–Trinajstić information content (AvgIpc) is 2.29. The first-order chi connectivity index (χ1) is 7.92. The third kappa shape index (κ3) is 3.72. The van der Waals surface area contributed by atoms with Crippen LogP contribution < -0.4 is 10.2 Å². The molecule has 1 aromatic rings. The van der Waals surface area contributed by atoms with Crippen LogP contribution in [-0.4, -0.2) is 35.1 Å². The number of halogens is 3. The number of anilines is 2. The molecule has 0 bridgehead atoms. The van der Waals surface area contributed by atoms with Gasteiger partial charge in [0, 0.05) is 20.1 Å². The lowest BCUT2D eigenvalue weighted by molar-refractivity contribution is 0.794. The van der Waals surface area contributed by atoms with Crippen molar-refractivity contribution >= 4 is 46.7 Å². The van der Waals surface area contributed by atoms with Crippen molar-refractivity contribution in [3.05, 3.63) is 5.82 Å². The number of hydrogen-bond donors (Lipinski definition) is 1. The van der Waals surface area contributed by atoms with E-state index in [4.69, 9.17) is 34.8 Å². The normalized spacial score (nSPS) is 11.4. The molecule has 0 fully saturated rings. The van der Waals surface area contributed by atoms with Crippen molar-refractivity contribution in [3.8, 4) is 0 Å². The molecule has 1 heterocycles. The van der Waals surface area contributed by atoms with Gasteiger partial charge in [0.25, 0.3) is 0 Å². The summed E-state index contributed by atoms with van der Waals surface area (Å²) in [6.07, 6.45) is 0. The minimum atomic E-state index is -1.66. The fraction of sp³-hybridized carbons (Fsp3) is 0.667. The van der Waals surface area contributed by atoms with Crippen molar-refractivity contribution < 1.29 is 0 Å². The zero-order valence-corrected chi connectivity index (χ0v) is 12.1. The highest BCUT2D eigenvalue weighted by Crippen LogP contribution is 2.36. The van der Waals surface area contributed by atoms with E-state index in [1.165, 1.54) is 0 Å². The Morgan fingerprint density at radius 1 is 1.12 bits per heavy atom. The molecular formula is C9H14Cl3N5. The van der Waals surface area contributed by atoms with Crippen LogP contribution in [0.2, 0.25) is 0 Å². The number of aromatic nitrogens is 3. The van der Waals surface area contributed by atoms with Gasteiger partial charge in [-0.25, -0.2) is 0 Å². The maximum absolute atomic E-state index is 5.78. The molecule has 0 amide bonds. The summed E-state index contributed by atoms with van der Waals surface area (Å²) in [6, 6.07) is 0. The van der Waals surface area contributed by atoms with Gasteiger partial charge in [-0.3, -0.25) is 0 Å². The molecule has 0 saturated carbocycles. The average molecular weight is 299 g/mol. The summed E-state index contributed by atoms with van der Waals surface area (Å²) in [4.78, 5) is 14.4. The first-order valence-electron chi connectivity index (χ1n) is 5.18. The van der Waals surface area contributed by atoms with Gasteiger partial charge in [-0.2, -0.15) is 15.0 Å². The van der Waals surface area contributed by atoms with Crippen molar-refractivity contribution in [2.75, 3.05) is 30.4 Å². The van der Waals surface area contributed by atoms with Crippen LogP contribution in [0.25, 0.3) is 0 Å². The SMILES string of the molecule is CCN(CC)c1nc(NC)nc(C(Cl)(Cl)Cl)n1. The summed E-state index contributed by atoms with van der Waals surface area (Å²) in [5, 5.41) is 2.82. The molecular weight excluding hydrogens is 284 g/mol. The zero-order valence-electron chi connectivity index (χ0n) is 9.84. The molecule has 0 atom stereocenters. The lowest BCUT2D eigenvalue weighted by Gasteiger charge is -2.20. The maximum Gasteiger partial charge on any atom is 0.250 e. The summed E-state index contributed by atoms with van der Waals surface area (Å²) in [6.45, 7) is 5.54. The van der Waals surface area contributed by atoms with E-state index >= 15 is 0 Å². The Balaban J connectivity index is 3.22. The van der Waals surface area contributed by atoms with Gasteiger partial charge in [0.1, 0.15) is 0 Å². The first kappa shape index (κ1) is 14.5. The van der Waals surface area contributed by atoms with Crippen LogP contribution in [0, 0.1) is 0 Å². The monoisotopic (exact) mass is 297 g/mol. The van der Waals surface area contributed by atoms with E-state index < -0.39 is 3.79 Å². The number of nitrogens with one attached hydrogen (secondary N) is 1. The van der Waals surface area contributed by atoms with E-state index in [-0.39, 0.29) is 5.82 Å². The smallest absolute Gasteiger partial charge is 0.250 e. The molecule has 1 rings (SSSR count). The minimum absolute atomic E-state index is 0.115. The third-order valence-electron chi connectivity index (χ3n) is 2.15. The molecule has 0 unspecified atom stereocenters. The topological polar surface area (TPSA) is 53.9 Å². The van der Waals surface area contributed by atoms with Crippen molar-refractivity contribution in [1.29, 1.82) is 0 Å². The Hall–Kier alpha value is -0.520. The Morgan fingerprint density at radius 3 is 2.12 bits per heavy atom. The summed E-state index contributed by atoms with van der Waals surface area (Å²) in [5.41, 5.74) is 0. The van der Waals surface area contributed by atoms with E-state index in [9.17, 15) is 0 Å². The molecule has 0 aliphatic carbocycles. The Morgan fingerprint density at radius 2 is 1.71 bits per heavy atom. The van der Waals surface area contributed by atoms with Gasteiger partial charge in [-0.15, -0.1) is 0 Å². The minimum Gasteiger partial charge on any atom is -0.357 e. The van der Waals surface area contributed by atoms with E-state index in [0.717, 1.165) is 13.1 Å². The number of nitrogens with zero attached hydrogens (tertiary/aromatic N) is 4. The van der Waals surface area contributed by atoms with Gasteiger partial charge in [0.05, 0.1) is 0 Å². The zero-order chi connectivity index (χ0) is 13.1. The summed E-state index contributed by atoms with van der Waals surface area (Å²) < 4.78 is -1.66. The molecule has 17 heavy (non-hydrogen) atoms. The van der Waals surface area contributed by atoms with Gasteiger partial charge in [-0.1, -0.05) is 34.8 Å². The second-order valence-electron chi connectivity index (χ2n) is 3.20. The lowest BCUT2D eigenvalue weighted by Crippen LogP contribution is -2.26. The number of rotatable bonds is 4. The van der Waals surface area contributed by atoms with Gasteiger partial charge >= 0.3 is 0 Å². The number of alkyl halides is 3. The highest BCUT2D eigenvalue weighted by Gasteiger charge is 2.28. The van der Waals surface area contributed by atoms with Crippen LogP contribution in [0.3, 0.4) is 0 Å². The van der Waals surface area contributed by atoms with E-state index in [2.05, 4.69) is 20.3 Å². The Bertz CT molecular complexity index is 375. The summed E-state index contributed by atoms with van der Waals surface area (Å²) in [5.74, 6) is 0.989. The standard InChI is InChI=1S/C9H14Cl3N5/c1-4-17(5-2)8-15-6(9(10,11)12)14-7(13-3)16-8/h4-5H2,1-3H3,(H,13,14,15,16). The molecule has 0 aromatic carbocycles. The highest BCUT2D eigenvalue weighted by atomic mass is 35.6. The molecule has 0 saturated heterocycles. The van der Waals surface area contributed by atoms with Crippen molar-refractivity contribution in [2.45, 2.75) is 17.6 Å². The molecule has 1 aromatic heterocycles. The fourth-order valence-corrected chi connectivity index (χ4v) is 1.50. The molecule has 1 N–H and O–H groups in total. The molecule has 0 aliphatic rings. The predicted octanol–water partition coefficient (Wildman–Crippen LogP) is 2.59. The summed E-state index contributed by atoms with van der Waals surface area (Å²) >= 11 is 17.3. The summed E-state index contributed by atoms with van der Waals surface area (Å²) in [7, 11) is 1.70. The van der Waals surface area contributed by atoms with Crippen LogP contribution >= 0.6 is 34.8 Å².